The van der Waals surface area contributed by atoms with E-state index >= 15 is 0 Å². The normalized spacial score (nSPS) is 9.83. The Morgan fingerprint density at radius 3 is 2.61 bits per heavy atom. The Morgan fingerprint density at radius 2 is 2.00 bits per heavy atom. The third-order valence-corrected chi connectivity index (χ3v) is 2.80. The molecule has 0 atom stereocenters. The van der Waals surface area contributed by atoms with Crippen LogP contribution in [0.15, 0.2) is 29.6 Å². The molecule has 6 nitrogen and oxygen atoms in total. The highest BCUT2D eigenvalue weighted by Gasteiger charge is 1.99. The number of anilines is 2. The summed E-state index contributed by atoms with van der Waals surface area (Å²) in [5.74, 6) is 0. The molecule has 0 radical (unpaired) electrons. The molecule has 1 aromatic heterocycles. The Labute approximate surface area is 109 Å². The number of carbonyl (C=O) groups is 1. The molecule has 0 saturated carbocycles. The van der Waals surface area contributed by atoms with E-state index in [-0.39, 0.29) is 6.03 Å². The van der Waals surface area contributed by atoms with Crippen molar-refractivity contribution >= 4 is 28.9 Å². The highest BCUT2D eigenvalue weighted by molar-refractivity contribution is 7.03. The van der Waals surface area contributed by atoms with Crippen LogP contribution >= 0.6 is 11.5 Å². The fourth-order valence-electron chi connectivity index (χ4n) is 1.32. The molecule has 94 valence electrons. The summed E-state index contributed by atoms with van der Waals surface area (Å²) in [6.07, 6.45) is 0. The van der Waals surface area contributed by atoms with Crippen molar-refractivity contribution in [1.29, 1.82) is 0 Å². The van der Waals surface area contributed by atoms with Crippen LogP contribution in [0.5, 0.6) is 0 Å². The van der Waals surface area contributed by atoms with Crippen LogP contribution in [-0.2, 0) is 6.54 Å². The average molecular weight is 263 g/mol. The molecule has 0 fully saturated rings. The summed E-state index contributed by atoms with van der Waals surface area (Å²) in [7, 11) is 1.58. The largest absolute Gasteiger partial charge is 0.379 e. The molecule has 18 heavy (non-hydrogen) atoms. The zero-order valence-electron chi connectivity index (χ0n) is 9.80. The number of hydrogen-bond acceptors (Lipinski definition) is 5. The molecular weight excluding hydrogens is 250 g/mol. The van der Waals surface area contributed by atoms with Gasteiger partial charge in [-0.3, -0.25) is 0 Å². The second-order valence-corrected chi connectivity index (χ2v) is 4.14. The maximum atomic E-state index is 11.1. The smallest absolute Gasteiger partial charge is 0.318 e. The second-order valence-electron chi connectivity index (χ2n) is 3.53. The van der Waals surface area contributed by atoms with E-state index < -0.39 is 0 Å². The lowest BCUT2D eigenvalue weighted by Crippen LogP contribution is -2.24. The van der Waals surface area contributed by atoms with Crippen molar-refractivity contribution in [1.82, 2.24) is 14.9 Å². The van der Waals surface area contributed by atoms with Gasteiger partial charge in [0.1, 0.15) is 0 Å². The number of carbonyl (C=O) groups excluding carboxylic acids is 1. The van der Waals surface area contributed by atoms with E-state index in [1.54, 1.807) is 7.05 Å². The lowest BCUT2D eigenvalue weighted by atomic mass is 10.2. The fraction of sp³-hybridized carbons (Fsp3) is 0.182. The Bertz CT molecular complexity index is 497. The molecule has 0 aliphatic rings. The zero-order valence-corrected chi connectivity index (χ0v) is 10.6. The Hall–Kier alpha value is -2.15. The number of rotatable bonds is 4. The van der Waals surface area contributed by atoms with Crippen LogP contribution in [0.3, 0.4) is 0 Å². The molecule has 2 rings (SSSR count). The number of benzene rings is 1. The van der Waals surface area contributed by atoms with Crippen molar-refractivity contribution < 1.29 is 4.79 Å². The molecule has 0 unspecified atom stereocenters. The minimum atomic E-state index is -0.232. The van der Waals surface area contributed by atoms with Gasteiger partial charge in [-0.1, -0.05) is 4.49 Å². The number of nitrogens with one attached hydrogen (secondary N) is 3. The van der Waals surface area contributed by atoms with Crippen molar-refractivity contribution in [3.05, 3.63) is 35.3 Å². The Morgan fingerprint density at radius 1 is 1.28 bits per heavy atom. The van der Waals surface area contributed by atoms with Gasteiger partial charge < -0.3 is 16.0 Å². The third-order valence-electron chi connectivity index (χ3n) is 2.25. The van der Waals surface area contributed by atoms with Gasteiger partial charge in [0.05, 0.1) is 12.2 Å². The van der Waals surface area contributed by atoms with Crippen molar-refractivity contribution in [2.24, 2.45) is 0 Å². The maximum Gasteiger partial charge on any atom is 0.318 e. The van der Waals surface area contributed by atoms with Gasteiger partial charge in [-0.25, -0.2) is 4.79 Å². The van der Waals surface area contributed by atoms with Crippen LogP contribution in [0, 0.1) is 0 Å². The third kappa shape index (κ3) is 3.42. The summed E-state index contributed by atoms with van der Waals surface area (Å²) in [4.78, 5) is 11.1. The van der Waals surface area contributed by atoms with Gasteiger partial charge in [-0.15, -0.1) is 5.10 Å². The highest BCUT2D eigenvalue weighted by Crippen LogP contribution is 2.14. The predicted molar refractivity (Wildman–Crippen MR) is 71.8 cm³/mol. The van der Waals surface area contributed by atoms with Crippen LogP contribution in [0.1, 0.15) is 5.69 Å². The first-order valence-corrected chi connectivity index (χ1v) is 6.20. The number of urea groups is 1. The summed E-state index contributed by atoms with van der Waals surface area (Å²) in [5.41, 5.74) is 2.62. The molecule has 2 aromatic rings. The molecule has 0 aliphatic carbocycles. The number of amides is 2. The summed E-state index contributed by atoms with van der Waals surface area (Å²) < 4.78 is 3.79. The topological polar surface area (TPSA) is 78.9 Å². The zero-order chi connectivity index (χ0) is 12.8. The summed E-state index contributed by atoms with van der Waals surface area (Å²) in [6, 6.07) is 7.22. The van der Waals surface area contributed by atoms with Crippen LogP contribution in [0.4, 0.5) is 16.2 Å². The van der Waals surface area contributed by atoms with Gasteiger partial charge in [0.25, 0.3) is 0 Å². The molecule has 0 spiro atoms. The molecule has 7 heteroatoms. The maximum absolute atomic E-state index is 11.1. The van der Waals surface area contributed by atoms with E-state index in [0.717, 1.165) is 17.1 Å². The van der Waals surface area contributed by atoms with Crippen molar-refractivity contribution in [3.63, 3.8) is 0 Å². The molecule has 0 aliphatic heterocycles. The van der Waals surface area contributed by atoms with Crippen LogP contribution in [0.2, 0.25) is 0 Å². The van der Waals surface area contributed by atoms with E-state index in [1.807, 2.05) is 29.6 Å². The first-order chi connectivity index (χ1) is 8.78. The summed E-state index contributed by atoms with van der Waals surface area (Å²) >= 11 is 1.33. The molecule has 0 bridgehead atoms. The van der Waals surface area contributed by atoms with E-state index in [9.17, 15) is 4.79 Å². The number of aromatic nitrogens is 2. The predicted octanol–water partition coefficient (Wildman–Crippen LogP) is 1.90. The Balaban J connectivity index is 1.89. The fourth-order valence-corrected chi connectivity index (χ4v) is 1.77. The summed E-state index contributed by atoms with van der Waals surface area (Å²) in [5, 5.41) is 14.2. The van der Waals surface area contributed by atoms with Gasteiger partial charge in [0, 0.05) is 23.8 Å². The van der Waals surface area contributed by atoms with Gasteiger partial charge in [-0.2, -0.15) is 0 Å². The number of nitrogens with zero attached hydrogens (tertiary/aromatic N) is 2. The van der Waals surface area contributed by atoms with Crippen LogP contribution < -0.4 is 16.0 Å². The molecular formula is C11H13N5OS. The first-order valence-electron chi connectivity index (χ1n) is 5.36. The van der Waals surface area contributed by atoms with Gasteiger partial charge in [0.15, 0.2) is 0 Å². The van der Waals surface area contributed by atoms with Crippen LogP contribution in [-0.4, -0.2) is 22.7 Å². The molecule has 0 saturated heterocycles. The van der Waals surface area contributed by atoms with Crippen molar-refractivity contribution in [2.75, 3.05) is 17.7 Å². The van der Waals surface area contributed by atoms with E-state index in [2.05, 4.69) is 25.5 Å². The lowest BCUT2D eigenvalue weighted by Gasteiger charge is -2.07. The van der Waals surface area contributed by atoms with Crippen molar-refractivity contribution in [3.8, 4) is 0 Å². The van der Waals surface area contributed by atoms with E-state index in [1.165, 1.54) is 11.5 Å². The van der Waals surface area contributed by atoms with E-state index in [0.29, 0.717) is 6.54 Å². The quantitative estimate of drug-likeness (QED) is 0.787. The monoisotopic (exact) mass is 263 g/mol. The van der Waals surface area contributed by atoms with Crippen molar-refractivity contribution in [2.45, 2.75) is 6.54 Å². The van der Waals surface area contributed by atoms with Gasteiger partial charge >= 0.3 is 6.03 Å². The minimum Gasteiger partial charge on any atom is -0.379 e. The van der Waals surface area contributed by atoms with Crippen LogP contribution in [0.25, 0.3) is 0 Å². The molecule has 1 heterocycles. The number of hydrogen-bond donors (Lipinski definition) is 3. The standard InChI is InChI=1S/C11H13N5OS/c1-12-11(17)14-9-4-2-8(3-5-9)13-6-10-7-18-16-15-10/h2-5,7,13H,6H2,1H3,(H2,12,14,17). The van der Waals surface area contributed by atoms with E-state index in [4.69, 9.17) is 0 Å². The minimum absolute atomic E-state index is 0.232. The van der Waals surface area contributed by atoms with Gasteiger partial charge in [0.2, 0.25) is 0 Å². The molecule has 1 aromatic carbocycles. The second kappa shape index (κ2) is 5.97. The lowest BCUT2D eigenvalue weighted by molar-refractivity contribution is 0.254. The molecule has 3 N–H and O–H groups in total. The molecule has 2 amide bonds. The highest BCUT2D eigenvalue weighted by atomic mass is 32.1. The van der Waals surface area contributed by atoms with Gasteiger partial charge in [-0.05, 0) is 35.8 Å². The summed E-state index contributed by atoms with van der Waals surface area (Å²) in [6.45, 7) is 0.638. The Kier molecular flexibility index (Phi) is 4.08. The SMILES string of the molecule is CNC(=O)Nc1ccc(NCc2csnn2)cc1. The first kappa shape index (κ1) is 12.3. The average Bonchev–Trinajstić information content (AvgIpc) is 2.91.